The molecule has 30 heavy (non-hydrogen) atoms. The number of aromatic amines is 1. The fraction of sp³-hybridized carbons (Fsp3) is 0.400. The number of H-pyrrole nitrogens is 1. The molecule has 10 heteroatoms. The second-order valence-corrected chi connectivity index (χ2v) is 7.50. The van der Waals surface area contributed by atoms with Crippen LogP contribution < -0.4 is 5.73 Å². The summed E-state index contributed by atoms with van der Waals surface area (Å²) in [6.45, 7) is 2.61. The molecule has 0 atom stereocenters. The quantitative estimate of drug-likeness (QED) is 0.573. The van der Waals surface area contributed by atoms with Crippen LogP contribution in [0.2, 0.25) is 0 Å². The zero-order chi connectivity index (χ0) is 21.4. The molecule has 2 aliphatic rings. The summed E-state index contributed by atoms with van der Waals surface area (Å²) in [6.07, 6.45) is 3.21. The fourth-order valence-electron chi connectivity index (χ4n) is 4.06. The molecular weight excluding hydrogens is 393 g/mol. The Morgan fingerprint density at radius 3 is 2.10 bits per heavy atom. The maximum Gasteiger partial charge on any atom is 0.320 e. The lowest BCUT2D eigenvalue weighted by molar-refractivity contribution is -0.127. The molecule has 1 aromatic heterocycles. The van der Waals surface area contributed by atoms with Gasteiger partial charge in [-0.2, -0.15) is 0 Å². The fourth-order valence-corrected chi connectivity index (χ4v) is 4.06. The smallest absolute Gasteiger partial charge is 0.320 e. The number of ketones is 1. The van der Waals surface area contributed by atoms with E-state index in [1.807, 2.05) is 0 Å². The number of piperazine rings is 1. The molecule has 0 saturated carbocycles. The number of aromatic nitrogens is 1. The highest BCUT2D eigenvalue weighted by Crippen LogP contribution is 2.26. The largest absolute Gasteiger partial charge is 0.366 e. The Balaban J connectivity index is 1.48. The van der Waals surface area contributed by atoms with E-state index >= 15 is 0 Å². The van der Waals surface area contributed by atoms with Crippen LogP contribution in [0.5, 0.6) is 0 Å². The Morgan fingerprint density at radius 2 is 1.47 bits per heavy atom. The molecule has 2 aromatic rings. The van der Waals surface area contributed by atoms with Crippen LogP contribution in [0.15, 0.2) is 18.3 Å². The number of carbonyl (C=O) groups excluding carboxylic acids is 4. The maximum atomic E-state index is 14.4. The summed E-state index contributed by atoms with van der Waals surface area (Å²) in [6, 6.07) is 2.23. The van der Waals surface area contributed by atoms with Crippen molar-refractivity contribution in [3.8, 4) is 0 Å². The molecule has 9 nitrogen and oxygen atoms in total. The van der Waals surface area contributed by atoms with Gasteiger partial charge in [-0.05, 0) is 25.0 Å². The lowest BCUT2D eigenvalue weighted by Crippen LogP contribution is -2.54. The first kappa shape index (κ1) is 19.9. The number of halogens is 1. The van der Waals surface area contributed by atoms with Gasteiger partial charge in [-0.1, -0.05) is 0 Å². The van der Waals surface area contributed by atoms with E-state index < -0.39 is 23.4 Å². The highest BCUT2D eigenvalue weighted by atomic mass is 19.1. The number of rotatable bonds is 3. The van der Waals surface area contributed by atoms with E-state index in [2.05, 4.69) is 4.98 Å². The van der Waals surface area contributed by atoms with Crippen molar-refractivity contribution in [3.63, 3.8) is 0 Å². The van der Waals surface area contributed by atoms with Crippen LogP contribution in [0.3, 0.4) is 0 Å². The molecule has 2 saturated heterocycles. The molecule has 158 valence electrons. The van der Waals surface area contributed by atoms with Gasteiger partial charge in [0.25, 0.3) is 17.6 Å². The molecule has 0 unspecified atom stereocenters. The van der Waals surface area contributed by atoms with Gasteiger partial charge in [0.2, 0.25) is 0 Å². The number of benzene rings is 1. The molecule has 2 fully saturated rings. The van der Waals surface area contributed by atoms with Crippen LogP contribution in [0.4, 0.5) is 9.18 Å². The number of nitrogens with zero attached hydrogens (tertiary/aromatic N) is 3. The summed E-state index contributed by atoms with van der Waals surface area (Å²) in [5.41, 5.74) is 5.27. The minimum absolute atomic E-state index is 0.0342. The Hall–Kier alpha value is -3.43. The summed E-state index contributed by atoms with van der Waals surface area (Å²) in [5, 5.41) is -0.132. The van der Waals surface area contributed by atoms with E-state index in [4.69, 9.17) is 5.73 Å². The standard InChI is InChI=1S/C20H22FN5O4/c21-14-4-3-12(18(22)28)16-15(14)13(11-23-16)17(27)19(29)24-7-9-26(10-8-24)20(30)25-5-1-2-6-25/h3-4,11,23H,1-2,5-10H2,(H2,22,28). The molecule has 2 aliphatic heterocycles. The third kappa shape index (κ3) is 3.38. The number of likely N-dealkylation sites (tertiary alicyclic amines) is 1. The van der Waals surface area contributed by atoms with Crippen molar-refractivity contribution < 1.29 is 23.6 Å². The van der Waals surface area contributed by atoms with E-state index in [1.165, 1.54) is 17.2 Å². The van der Waals surface area contributed by atoms with E-state index in [9.17, 15) is 23.6 Å². The van der Waals surface area contributed by atoms with Crippen LogP contribution in [-0.2, 0) is 4.79 Å². The Labute approximate surface area is 171 Å². The average molecular weight is 415 g/mol. The lowest BCUT2D eigenvalue weighted by Gasteiger charge is -2.36. The number of urea groups is 1. The van der Waals surface area contributed by atoms with Gasteiger partial charge < -0.3 is 25.4 Å². The second-order valence-electron chi connectivity index (χ2n) is 7.50. The van der Waals surface area contributed by atoms with Crippen LogP contribution in [0.25, 0.3) is 10.9 Å². The van der Waals surface area contributed by atoms with Gasteiger partial charge in [-0.25, -0.2) is 9.18 Å². The second kappa shape index (κ2) is 7.77. The Kier molecular flexibility index (Phi) is 5.15. The number of amides is 4. The van der Waals surface area contributed by atoms with Gasteiger partial charge in [-0.15, -0.1) is 0 Å². The highest BCUT2D eigenvalue weighted by molar-refractivity contribution is 6.45. The van der Waals surface area contributed by atoms with E-state index in [1.54, 1.807) is 9.80 Å². The van der Waals surface area contributed by atoms with Gasteiger partial charge in [0, 0.05) is 50.9 Å². The number of carbonyl (C=O) groups is 4. The molecule has 1 aromatic carbocycles. The minimum Gasteiger partial charge on any atom is -0.366 e. The van der Waals surface area contributed by atoms with Gasteiger partial charge in [0.15, 0.2) is 0 Å². The van der Waals surface area contributed by atoms with E-state index in [0.717, 1.165) is 32.0 Å². The summed E-state index contributed by atoms with van der Waals surface area (Å²) in [7, 11) is 0. The first-order valence-electron chi connectivity index (χ1n) is 9.85. The summed E-state index contributed by atoms with van der Waals surface area (Å²) in [5.74, 6) is -3.14. The van der Waals surface area contributed by atoms with Crippen LogP contribution >= 0.6 is 0 Å². The third-order valence-corrected chi connectivity index (χ3v) is 5.70. The van der Waals surface area contributed by atoms with Gasteiger partial charge in [-0.3, -0.25) is 14.4 Å². The number of nitrogens with two attached hydrogens (primary N) is 1. The Bertz CT molecular complexity index is 1040. The molecule has 0 aliphatic carbocycles. The van der Waals surface area contributed by atoms with Gasteiger partial charge in [0.05, 0.1) is 16.6 Å². The van der Waals surface area contributed by atoms with Crippen LogP contribution in [0.1, 0.15) is 33.6 Å². The van der Waals surface area contributed by atoms with Crippen molar-refractivity contribution in [1.29, 1.82) is 0 Å². The summed E-state index contributed by atoms with van der Waals surface area (Å²) in [4.78, 5) is 57.1. The molecule has 0 radical (unpaired) electrons. The highest BCUT2D eigenvalue weighted by Gasteiger charge is 2.32. The SMILES string of the molecule is NC(=O)c1ccc(F)c2c(C(=O)C(=O)N3CCN(C(=O)N4CCCC4)CC3)c[nH]c12. The molecular formula is C20H22FN5O4. The molecule has 4 amide bonds. The first-order chi connectivity index (χ1) is 14.4. The van der Waals surface area contributed by atoms with Gasteiger partial charge >= 0.3 is 6.03 Å². The number of hydrogen-bond donors (Lipinski definition) is 2. The van der Waals surface area contributed by atoms with Crippen LogP contribution in [-0.4, -0.2) is 82.6 Å². The predicted octanol–water partition coefficient (Wildman–Crippen LogP) is 0.949. The van der Waals surface area contributed by atoms with Crippen molar-refractivity contribution in [2.75, 3.05) is 39.3 Å². The zero-order valence-corrected chi connectivity index (χ0v) is 16.3. The number of nitrogens with one attached hydrogen (secondary N) is 1. The topological polar surface area (TPSA) is 120 Å². The molecule has 4 rings (SSSR count). The predicted molar refractivity (Wildman–Crippen MR) is 105 cm³/mol. The number of hydrogen-bond acceptors (Lipinski definition) is 4. The number of Topliss-reactive ketones (excluding diaryl/α,β-unsaturated/α-hetero) is 1. The molecule has 0 spiro atoms. The Morgan fingerprint density at radius 1 is 0.867 bits per heavy atom. The van der Waals surface area contributed by atoms with Crippen molar-refractivity contribution in [1.82, 2.24) is 19.7 Å². The lowest BCUT2D eigenvalue weighted by atomic mass is 10.0. The number of fused-ring (bicyclic) bond motifs is 1. The molecule has 3 heterocycles. The first-order valence-corrected chi connectivity index (χ1v) is 9.85. The maximum absolute atomic E-state index is 14.4. The third-order valence-electron chi connectivity index (χ3n) is 5.70. The average Bonchev–Trinajstić information content (AvgIpc) is 3.43. The van der Waals surface area contributed by atoms with Crippen LogP contribution in [0, 0.1) is 5.82 Å². The monoisotopic (exact) mass is 415 g/mol. The van der Waals surface area contributed by atoms with Crippen molar-refractivity contribution >= 4 is 34.5 Å². The van der Waals surface area contributed by atoms with Crippen molar-refractivity contribution in [2.24, 2.45) is 5.73 Å². The van der Waals surface area contributed by atoms with Gasteiger partial charge in [0.1, 0.15) is 5.82 Å². The molecule has 3 N–H and O–H groups in total. The van der Waals surface area contributed by atoms with E-state index in [0.29, 0.717) is 13.1 Å². The van der Waals surface area contributed by atoms with E-state index in [-0.39, 0.29) is 41.2 Å². The molecule has 0 bridgehead atoms. The summed E-state index contributed by atoms with van der Waals surface area (Å²) < 4.78 is 14.4. The normalized spacial score (nSPS) is 16.9. The minimum atomic E-state index is -0.874. The summed E-state index contributed by atoms with van der Waals surface area (Å²) >= 11 is 0. The van der Waals surface area contributed by atoms with Crippen molar-refractivity contribution in [3.05, 3.63) is 35.3 Å². The van der Waals surface area contributed by atoms with Crippen molar-refractivity contribution in [2.45, 2.75) is 12.8 Å². The number of primary amides is 1. The zero-order valence-electron chi connectivity index (χ0n) is 16.3.